The molecule has 1 aliphatic rings. The summed E-state index contributed by atoms with van der Waals surface area (Å²) in [4.78, 5) is 1.48. The van der Waals surface area contributed by atoms with Gasteiger partial charge in [0.05, 0.1) is 3.79 Å². The zero-order valence-corrected chi connectivity index (χ0v) is 15.5. The molecular weight excluding hydrogens is 386 g/mol. The Hall–Kier alpha value is 0.620. The van der Waals surface area contributed by atoms with Crippen LogP contribution < -0.4 is 5.32 Å². The van der Waals surface area contributed by atoms with E-state index in [-0.39, 0.29) is 0 Å². The molecule has 1 heterocycles. The minimum absolute atomic E-state index is 0.538. The molecule has 1 saturated carbocycles. The highest BCUT2D eigenvalue weighted by atomic mass is 79.9. The highest BCUT2D eigenvalue weighted by Crippen LogP contribution is 2.40. The fraction of sp³-hybridized carbons (Fsp3) is 0.733. The van der Waals surface area contributed by atoms with Crippen LogP contribution in [0.3, 0.4) is 0 Å². The minimum atomic E-state index is 0.538. The largest absolute Gasteiger partial charge is 0.309 e. The summed E-state index contributed by atoms with van der Waals surface area (Å²) < 4.78 is 2.41. The monoisotopic (exact) mass is 407 g/mol. The molecule has 1 aliphatic carbocycles. The second kappa shape index (κ2) is 8.16. The Morgan fingerprint density at radius 1 is 1.21 bits per heavy atom. The summed E-state index contributed by atoms with van der Waals surface area (Å²) in [7, 11) is 0. The van der Waals surface area contributed by atoms with Gasteiger partial charge in [0.25, 0.3) is 0 Å². The van der Waals surface area contributed by atoms with Crippen molar-refractivity contribution in [3.63, 3.8) is 0 Å². The zero-order valence-electron chi connectivity index (χ0n) is 11.6. The van der Waals surface area contributed by atoms with Crippen LogP contribution in [0.2, 0.25) is 0 Å². The first kappa shape index (κ1) is 16.0. The van der Waals surface area contributed by atoms with E-state index < -0.39 is 0 Å². The van der Waals surface area contributed by atoms with Crippen LogP contribution in [0, 0.1) is 5.92 Å². The van der Waals surface area contributed by atoms with Crippen molar-refractivity contribution in [2.24, 2.45) is 5.92 Å². The Morgan fingerprint density at radius 2 is 1.84 bits per heavy atom. The average Bonchev–Trinajstić information content (AvgIpc) is 2.67. The van der Waals surface area contributed by atoms with E-state index >= 15 is 0 Å². The third-order valence-corrected chi connectivity index (χ3v) is 7.36. The van der Waals surface area contributed by atoms with Crippen molar-refractivity contribution in [2.75, 3.05) is 6.54 Å². The summed E-state index contributed by atoms with van der Waals surface area (Å²) in [5.74, 6) is 0.803. The summed E-state index contributed by atoms with van der Waals surface area (Å²) >= 11 is 9.13. The van der Waals surface area contributed by atoms with E-state index in [4.69, 9.17) is 0 Å². The molecule has 4 heteroatoms. The molecule has 1 aromatic heterocycles. The van der Waals surface area contributed by atoms with Gasteiger partial charge in [-0.25, -0.2) is 0 Å². The fourth-order valence-corrected chi connectivity index (χ4v) is 5.32. The number of rotatable bonds is 4. The van der Waals surface area contributed by atoms with Gasteiger partial charge in [0, 0.05) is 15.4 Å². The second-order valence-electron chi connectivity index (χ2n) is 5.41. The molecule has 1 fully saturated rings. The molecular formula is C15H23Br2NS. The molecule has 1 N–H and O–H groups in total. The van der Waals surface area contributed by atoms with E-state index in [0.717, 1.165) is 12.5 Å². The average molecular weight is 409 g/mol. The smallest absolute Gasteiger partial charge is 0.0843 e. The lowest BCUT2D eigenvalue weighted by molar-refractivity contribution is 0.294. The number of hydrogen-bond donors (Lipinski definition) is 1. The van der Waals surface area contributed by atoms with Crippen molar-refractivity contribution >= 4 is 43.2 Å². The molecule has 2 rings (SSSR count). The van der Waals surface area contributed by atoms with Gasteiger partial charge in [-0.15, -0.1) is 11.3 Å². The lowest BCUT2D eigenvalue weighted by atomic mass is 9.85. The first-order valence-electron chi connectivity index (χ1n) is 7.40. The maximum Gasteiger partial charge on any atom is 0.0843 e. The van der Waals surface area contributed by atoms with E-state index in [1.165, 1.54) is 58.1 Å². The molecule has 108 valence electrons. The molecule has 1 atom stereocenters. The SMILES string of the molecule is CCNC(c1cc(Br)c(Br)s1)C1CCCCCCC1. The van der Waals surface area contributed by atoms with Crippen molar-refractivity contribution in [3.05, 3.63) is 19.2 Å². The van der Waals surface area contributed by atoms with Gasteiger partial charge < -0.3 is 5.32 Å². The molecule has 1 nitrogen and oxygen atoms in total. The van der Waals surface area contributed by atoms with E-state index in [1.54, 1.807) is 0 Å². The zero-order chi connectivity index (χ0) is 13.7. The van der Waals surface area contributed by atoms with Crippen LogP contribution in [0.1, 0.15) is 62.8 Å². The molecule has 1 aromatic rings. The highest BCUT2D eigenvalue weighted by molar-refractivity contribution is 9.13. The van der Waals surface area contributed by atoms with E-state index in [0.29, 0.717) is 6.04 Å². The van der Waals surface area contributed by atoms with Crippen LogP contribution in [0.4, 0.5) is 0 Å². The van der Waals surface area contributed by atoms with Crippen LogP contribution in [0.5, 0.6) is 0 Å². The number of thiophene rings is 1. The Kier molecular flexibility index (Phi) is 6.87. The second-order valence-corrected chi connectivity index (χ2v) is 8.67. The van der Waals surface area contributed by atoms with Crippen molar-refractivity contribution in [2.45, 2.75) is 57.9 Å². The molecule has 0 spiro atoms. The van der Waals surface area contributed by atoms with Gasteiger partial charge in [-0.1, -0.05) is 39.0 Å². The summed E-state index contributed by atoms with van der Waals surface area (Å²) in [5, 5.41) is 3.73. The quantitative estimate of drug-likeness (QED) is 0.617. The molecule has 0 bridgehead atoms. The van der Waals surface area contributed by atoms with E-state index in [1.807, 2.05) is 11.3 Å². The predicted octanol–water partition coefficient (Wildman–Crippen LogP) is 6.28. The third-order valence-electron chi connectivity index (χ3n) is 4.02. The van der Waals surface area contributed by atoms with E-state index in [2.05, 4.69) is 50.2 Å². The molecule has 1 unspecified atom stereocenters. The first-order chi connectivity index (χ1) is 9.22. The van der Waals surface area contributed by atoms with E-state index in [9.17, 15) is 0 Å². The Balaban J connectivity index is 2.12. The summed E-state index contributed by atoms with van der Waals surface area (Å²) in [6, 6.07) is 2.83. The third kappa shape index (κ3) is 4.55. The summed E-state index contributed by atoms with van der Waals surface area (Å²) in [6.07, 6.45) is 9.85. The molecule has 19 heavy (non-hydrogen) atoms. The van der Waals surface area contributed by atoms with Gasteiger partial charge in [0.1, 0.15) is 0 Å². The summed E-state index contributed by atoms with van der Waals surface area (Å²) in [5.41, 5.74) is 0. The van der Waals surface area contributed by atoms with Crippen molar-refractivity contribution < 1.29 is 0 Å². The maximum atomic E-state index is 3.73. The Bertz CT molecular complexity index is 364. The minimum Gasteiger partial charge on any atom is -0.309 e. The topological polar surface area (TPSA) is 12.0 Å². The maximum absolute atomic E-state index is 3.73. The fourth-order valence-electron chi connectivity index (χ4n) is 3.06. The Labute approximate surface area is 137 Å². The Morgan fingerprint density at radius 3 is 2.37 bits per heavy atom. The van der Waals surface area contributed by atoms with Crippen LogP contribution in [0.25, 0.3) is 0 Å². The van der Waals surface area contributed by atoms with Crippen LogP contribution in [-0.2, 0) is 0 Å². The highest BCUT2D eigenvalue weighted by Gasteiger charge is 2.25. The number of halogens is 2. The van der Waals surface area contributed by atoms with Crippen molar-refractivity contribution in [3.8, 4) is 0 Å². The lowest BCUT2D eigenvalue weighted by Crippen LogP contribution is -2.28. The van der Waals surface area contributed by atoms with Gasteiger partial charge in [0.15, 0.2) is 0 Å². The van der Waals surface area contributed by atoms with Crippen LogP contribution >= 0.6 is 43.2 Å². The first-order valence-corrected chi connectivity index (χ1v) is 9.80. The normalized spacial score (nSPS) is 19.9. The molecule has 0 radical (unpaired) electrons. The van der Waals surface area contributed by atoms with Crippen LogP contribution in [0.15, 0.2) is 14.3 Å². The number of hydrogen-bond acceptors (Lipinski definition) is 2. The van der Waals surface area contributed by atoms with Crippen molar-refractivity contribution in [1.82, 2.24) is 5.32 Å². The standard InChI is InChI=1S/C15H23Br2NS/c1-2-18-14(13-10-12(16)15(17)19-13)11-8-6-4-3-5-7-9-11/h10-11,14,18H,2-9H2,1H3. The lowest BCUT2D eigenvalue weighted by Gasteiger charge is -2.28. The molecule has 0 saturated heterocycles. The van der Waals surface area contributed by atoms with Crippen molar-refractivity contribution in [1.29, 1.82) is 0 Å². The van der Waals surface area contributed by atoms with Crippen LogP contribution in [-0.4, -0.2) is 6.54 Å². The molecule has 0 aromatic carbocycles. The van der Waals surface area contributed by atoms with Gasteiger partial charge in [-0.2, -0.15) is 0 Å². The van der Waals surface area contributed by atoms with Gasteiger partial charge >= 0.3 is 0 Å². The van der Waals surface area contributed by atoms with Gasteiger partial charge in [-0.05, 0) is 63.2 Å². The predicted molar refractivity (Wildman–Crippen MR) is 91.9 cm³/mol. The van der Waals surface area contributed by atoms with Gasteiger partial charge in [0.2, 0.25) is 0 Å². The van der Waals surface area contributed by atoms with Gasteiger partial charge in [-0.3, -0.25) is 0 Å². The number of nitrogens with one attached hydrogen (secondary N) is 1. The molecule has 0 amide bonds. The summed E-state index contributed by atoms with van der Waals surface area (Å²) in [6.45, 7) is 3.27. The molecule has 0 aliphatic heterocycles.